The number of fused-ring (bicyclic) bond motifs is 1. The minimum absolute atomic E-state index is 0.00659. The maximum atomic E-state index is 14.2. The van der Waals surface area contributed by atoms with Crippen LogP contribution in [0.5, 0.6) is 5.75 Å². The smallest absolute Gasteiger partial charge is 0.295 e. The van der Waals surface area contributed by atoms with Crippen LogP contribution in [-0.2, 0) is 17.1 Å². The van der Waals surface area contributed by atoms with Gasteiger partial charge in [-0.3, -0.25) is 4.79 Å². The quantitative estimate of drug-likeness (QED) is 0.157. The highest BCUT2D eigenvalue weighted by Gasteiger charge is 2.39. The number of aromatic nitrogens is 2. The zero-order chi connectivity index (χ0) is 34.9. The van der Waals surface area contributed by atoms with Crippen LogP contribution in [0.25, 0.3) is 10.9 Å². The van der Waals surface area contributed by atoms with E-state index in [-0.39, 0.29) is 29.0 Å². The van der Waals surface area contributed by atoms with E-state index in [0.717, 1.165) is 33.6 Å². The summed E-state index contributed by atoms with van der Waals surface area (Å²) < 4.78 is 35.1. The maximum absolute atomic E-state index is 14.2. The number of alkyl halides is 2. The number of likely N-dealkylation sites (N-methyl/N-ethyl adjacent to an activating group) is 1. The molecule has 4 rings (SSSR count). The van der Waals surface area contributed by atoms with E-state index >= 15 is 0 Å². The molecule has 3 aromatic carbocycles. The number of carbonyl (C=O) groups is 1. The predicted molar refractivity (Wildman–Crippen MR) is 188 cm³/mol. The summed E-state index contributed by atoms with van der Waals surface area (Å²) in [6.07, 6.45) is 0.209. The first kappa shape index (κ1) is 35.8. The molecule has 47 heavy (non-hydrogen) atoms. The molecule has 0 radical (unpaired) electrons. The third kappa shape index (κ3) is 8.08. The van der Waals surface area contributed by atoms with Crippen LogP contribution in [-0.4, -0.2) is 61.9 Å². The standard InChI is InChI=1S/C36H47F2N5O3Si/c1-23(25-12-11-13-27(18-25)36(37,38)22-44)39-34-30-21-29(14-16-31(30)40-24(2)41-34)43(8)28-15-17-32(46-47(9,10)35(3,4)5)26(19-28)20-33(45)42(6)7/h11-19,21,23,44H,20,22H2,1-10H3,(H,39,40,41)/t23-/m1/s1. The number of aliphatic hydroxyl groups excluding tert-OH is 1. The molecule has 252 valence electrons. The Balaban J connectivity index is 1.71. The largest absolute Gasteiger partial charge is 0.543 e. The third-order valence-corrected chi connectivity index (χ3v) is 13.3. The number of aliphatic hydroxyl groups is 1. The summed E-state index contributed by atoms with van der Waals surface area (Å²) in [7, 11) is 3.29. The first-order valence-corrected chi connectivity index (χ1v) is 18.6. The third-order valence-electron chi connectivity index (χ3n) is 8.98. The summed E-state index contributed by atoms with van der Waals surface area (Å²) in [4.78, 5) is 25.8. The molecule has 0 spiro atoms. The van der Waals surface area contributed by atoms with E-state index in [1.54, 1.807) is 31.1 Å². The van der Waals surface area contributed by atoms with E-state index in [1.807, 2.05) is 62.2 Å². The molecule has 0 unspecified atom stereocenters. The van der Waals surface area contributed by atoms with Crippen LogP contribution in [0.4, 0.5) is 26.0 Å². The lowest BCUT2D eigenvalue weighted by Crippen LogP contribution is -2.44. The second-order valence-electron chi connectivity index (χ2n) is 13.9. The monoisotopic (exact) mass is 663 g/mol. The van der Waals surface area contributed by atoms with Gasteiger partial charge in [0.25, 0.3) is 5.92 Å². The van der Waals surface area contributed by atoms with Crippen molar-refractivity contribution in [2.45, 2.75) is 71.1 Å². The second-order valence-corrected chi connectivity index (χ2v) is 18.6. The van der Waals surface area contributed by atoms with Gasteiger partial charge < -0.3 is 24.6 Å². The maximum Gasteiger partial charge on any atom is 0.295 e. The molecular formula is C36H47F2N5O3Si. The first-order valence-electron chi connectivity index (χ1n) is 15.7. The zero-order valence-corrected chi connectivity index (χ0v) is 30.1. The molecule has 0 aliphatic carbocycles. The van der Waals surface area contributed by atoms with Gasteiger partial charge in [0.2, 0.25) is 14.2 Å². The van der Waals surface area contributed by atoms with E-state index in [2.05, 4.69) is 49.1 Å². The molecule has 0 saturated carbocycles. The molecule has 11 heteroatoms. The Hall–Kier alpha value is -4.09. The Morgan fingerprint density at radius 1 is 1.00 bits per heavy atom. The highest BCUT2D eigenvalue weighted by atomic mass is 28.4. The number of nitrogens with one attached hydrogen (secondary N) is 1. The minimum atomic E-state index is -3.33. The SMILES string of the molecule is Cc1nc(N[C@H](C)c2cccc(C(F)(F)CO)c2)c2cc(N(C)c3ccc(O[Si](C)(C)C(C)(C)C)c(CC(=O)N(C)C)c3)ccc2n1. The van der Waals surface area contributed by atoms with Gasteiger partial charge in [-0.2, -0.15) is 8.78 Å². The Morgan fingerprint density at radius 3 is 2.30 bits per heavy atom. The number of benzene rings is 3. The van der Waals surface area contributed by atoms with Crippen molar-refractivity contribution >= 4 is 42.3 Å². The predicted octanol–water partition coefficient (Wildman–Crippen LogP) is 7.98. The Morgan fingerprint density at radius 2 is 1.66 bits per heavy atom. The molecule has 0 aliphatic rings. The van der Waals surface area contributed by atoms with Crippen LogP contribution in [0.3, 0.4) is 0 Å². The minimum Gasteiger partial charge on any atom is -0.543 e. The number of amides is 1. The normalized spacial score (nSPS) is 13.0. The summed E-state index contributed by atoms with van der Waals surface area (Å²) in [6, 6.07) is 17.5. The molecule has 8 nitrogen and oxygen atoms in total. The van der Waals surface area contributed by atoms with E-state index < -0.39 is 20.8 Å². The van der Waals surface area contributed by atoms with Crippen molar-refractivity contribution in [2.75, 3.05) is 38.0 Å². The fourth-order valence-corrected chi connectivity index (χ4v) is 5.93. The van der Waals surface area contributed by atoms with E-state index in [0.29, 0.717) is 17.2 Å². The lowest BCUT2D eigenvalue weighted by atomic mass is 10.0. The lowest BCUT2D eigenvalue weighted by Gasteiger charge is -2.37. The summed E-state index contributed by atoms with van der Waals surface area (Å²) in [5, 5.41) is 13.3. The fraction of sp³-hybridized carbons (Fsp3) is 0.417. The van der Waals surface area contributed by atoms with E-state index in [4.69, 9.17) is 9.53 Å². The number of anilines is 3. The van der Waals surface area contributed by atoms with Gasteiger partial charge in [-0.15, -0.1) is 0 Å². The zero-order valence-electron chi connectivity index (χ0n) is 29.1. The Bertz CT molecular complexity index is 1760. The number of hydrogen-bond donors (Lipinski definition) is 2. The summed E-state index contributed by atoms with van der Waals surface area (Å²) >= 11 is 0. The van der Waals surface area contributed by atoms with Crippen LogP contribution in [0, 0.1) is 6.92 Å². The number of halogens is 2. The van der Waals surface area contributed by atoms with Crippen LogP contribution in [0.15, 0.2) is 60.7 Å². The van der Waals surface area contributed by atoms with Crippen molar-refractivity contribution < 1.29 is 23.1 Å². The second kappa shape index (κ2) is 13.6. The van der Waals surface area contributed by atoms with Crippen molar-refractivity contribution in [1.82, 2.24) is 14.9 Å². The van der Waals surface area contributed by atoms with Crippen molar-refractivity contribution in [2.24, 2.45) is 0 Å². The van der Waals surface area contributed by atoms with E-state index in [9.17, 15) is 13.6 Å². The van der Waals surface area contributed by atoms with Crippen LogP contribution >= 0.6 is 0 Å². The number of hydrogen-bond acceptors (Lipinski definition) is 7. The molecule has 0 bridgehead atoms. The highest BCUT2D eigenvalue weighted by molar-refractivity contribution is 6.74. The van der Waals surface area contributed by atoms with Gasteiger partial charge in [-0.25, -0.2) is 9.97 Å². The van der Waals surface area contributed by atoms with Crippen LogP contribution in [0.2, 0.25) is 18.1 Å². The fourth-order valence-electron chi connectivity index (χ4n) is 4.88. The molecular weight excluding hydrogens is 617 g/mol. The molecule has 1 heterocycles. The summed E-state index contributed by atoms with van der Waals surface area (Å²) in [5.41, 5.74) is 3.70. The topological polar surface area (TPSA) is 90.8 Å². The number of nitrogens with zero attached hydrogens (tertiary/aromatic N) is 4. The van der Waals surface area contributed by atoms with Crippen LogP contribution < -0.4 is 14.6 Å². The molecule has 0 saturated heterocycles. The van der Waals surface area contributed by atoms with Crippen molar-refractivity contribution in [3.8, 4) is 5.75 Å². The first-order chi connectivity index (χ1) is 21.8. The van der Waals surface area contributed by atoms with Crippen molar-refractivity contribution in [3.63, 3.8) is 0 Å². The Labute approximate surface area is 277 Å². The molecule has 1 amide bonds. The van der Waals surface area contributed by atoms with Crippen LogP contribution in [0.1, 0.15) is 56.3 Å². The van der Waals surface area contributed by atoms with E-state index in [1.165, 1.54) is 12.1 Å². The number of carbonyl (C=O) groups excluding carboxylic acids is 1. The van der Waals surface area contributed by atoms with Gasteiger partial charge in [-0.1, -0.05) is 39.0 Å². The number of rotatable bonds is 11. The van der Waals surface area contributed by atoms with Crippen molar-refractivity contribution in [1.29, 1.82) is 0 Å². The number of aryl methyl sites for hydroxylation is 1. The van der Waals surface area contributed by atoms with Gasteiger partial charge in [0.1, 0.15) is 24.0 Å². The van der Waals surface area contributed by atoms with Crippen molar-refractivity contribution in [3.05, 3.63) is 83.2 Å². The summed E-state index contributed by atoms with van der Waals surface area (Å²) in [5.74, 6) is -1.47. The lowest BCUT2D eigenvalue weighted by molar-refractivity contribution is -0.127. The van der Waals surface area contributed by atoms with Gasteiger partial charge >= 0.3 is 0 Å². The van der Waals surface area contributed by atoms with Gasteiger partial charge in [0, 0.05) is 55.1 Å². The summed E-state index contributed by atoms with van der Waals surface area (Å²) in [6.45, 7) is 13.4. The average molecular weight is 664 g/mol. The molecule has 2 N–H and O–H groups in total. The molecule has 1 aromatic heterocycles. The van der Waals surface area contributed by atoms with Gasteiger partial charge in [-0.05, 0) is 80.0 Å². The average Bonchev–Trinajstić information content (AvgIpc) is 3.00. The molecule has 0 fully saturated rings. The highest BCUT2D eigenvalue weighted by Crippen LogP contribution is 2.40. The van der Waals surface area contributed by atoms with Gasteiger partial charge in [0.15, 0.2) is 0 Å². The van der Waals surface area contributed by atoms with Gasteiger partial charge in [0.05, 0.1) is 11.9 Å². The molecule has 4 aromatic rings. The molecule has 1 atom stereocenters. The molecule has 0 aliphatic heterocycles. The Kier molecular flexibility index (Phi) is 10.3.